The van der Waals surface area contributed by atoms with Crippen molar-refractivity contribution in [2.75, 3.05) is 13.7 Å². The third-order valence-electron chi connectivity index (χ3n) is 3.60. The number of hydrogen-bond acceptors (Lipinski definition) is 2. The molecule has 1 saturated heterocycles. The summed E-state index contributed by atoms with van der Waals surface area (Å²) in [7, 11) is 1.74. The summed E-state index contributed by atoms with van der Waals surface area (Å²) in [5.41, 5.74) is 0.290. The van der Waals surface area contributed by atoms with Crippen molar-refractivity contribution in [3.05, 3.63) is 0 Å². The molecule has 0 bridgehead atoms. The van der Waals surface area contributed by atoms with Crippen molar-refractivity contribution in [3.63, 3.8) is 0 Å². The molecule has 1 fully saturated rings. The highest BCUT2D eigenvalue weighted by atomic mass is 16.5. The Kier molecular flexibility index (Phi) is 3.36. The van der Waals surface area contributed by atoms with Gasteiger partial charge in [-0.1, -0.05) is 27.2 Å². The Labute approximate surface area is 81.6 Å². The molecule has 2 heteroatoms. The van der Waals surface area contributed by atoms with E-state index in [9.17, 15) is 0 Å². The van der Waals surface area contributed by atoms with Crippen LogP contribution in [0.1, 0.15) is 34.1 Å². The van der Waals surface area contributed by atoms with Crippen LogP contribution in [-0.2, 0) is 9.47 Å². The van der Waals surface area contributed by atoms with Crippen molar-refractivity contribution in [1.29, 1.82) is 0 Å². The third kappa shape index (κ3) is 1.89. The second-order valence-corrected chi connectivity index (χ2v) is 4.61. The largest absolute Gasteiger partial charge is 0.382 e. The van der Waals surface area contributed by atoms with Gasteiger partial charge in [-0.3, -0.25) is 0 Å². The van der Waals surface area contributed by atoms with E-state index in [2.05, 4.69) is 27.7 Å². The van der Waals surface area contributed by atoms with E-state index in [4.69, 9.17) is 9.47 Å². The van der Waals surface area contributed by atoms with Crippen LogP contribution in [-0.4, -0.2) is 25.9 Å². The molecule has 0 aromatic rings. The average molecular weight is 186 g/mol. The van der Waals surface area contributed by atoms with Gasteiger partial charge in [0.25, 0.3) is 0 Å². The number of rotatable bonds is 3. The molecule has 0 radical (unpaired) electrons. The molecule has 0 N–H and O–H groups in total. The zero-order valence-electron chi connectivity index (χ0n) is 9.46. The molecule has 0 saturated carbocycles. The molecule has 1 aliphatic rings. The minimum atomic E-state index is 0.290. The lowest BCUT2D eigenvalue weighted by atomic mass is 9.74. The van der Waals surface area contributed by atoms with Gasteiger partial charge in [-0.2, -0.15) is 0 Å². The first-order valence-electron chi connectivity index (χ1n) is 5.18. The maximum absolute atomic E-state index is 5.90. The summed E-state index contributed by atoms with van der Waals surface area (Å²) < 4.78 is 11.1. The Morgan fingerprint density at radius 2 is 2.00 bits per heavy atom. The summed E-state index contributed by atoms with van der Waals surface area (Å²) in [5.74, 6) is 0.627. The van der Waals surface area contributed by atoms with Gasteiger partial charge in [-0.05, 0) is 18.3 Å². The van der Waals surface area contributed by atoms with Gasteiger partial charge in [0.1, 0.15) is 0 Å². The van der Waals surface area contributed by atoms with E-state index in [-0.39, 0.29) is 5.41 Å². The summed E-state index contributed by atoms with van der Waals surface area (Å²) >= 11 is 0. The second kappa shape index (κ2) is 3.97. The lowest BCUT2D eigenvalue weighted by molar-refractivity contribution is -0.0118. The summed E-state index contributed by atoms with van der Waals surface area (Å²) in [4.78, 5) is 0. The topological polar surface area (TPSA) is 18.5 Å². The first kappa shape index (κ1) is 11.0. The van der Waals surface area contributed by atoms with Crippen LogP contribution >= 0.6 is 0 Å². The molecule has 3 atom stereocenters. The maximum atomic E-state index is 5.90. The number of hydrogen-bond donors (Lipinski definition) is 0. The standard InChI is InChI=1S/C11H22O2/c1-6-9-10(7-12-5)13-8(2)11(9,3)4/h8-10H,6-7H2,1-5H3. The Morgan fingerprint density at radius 1 is 1.38 bits per heavy atom. The molecule has 1 rings (SSSR count). The maximum Gasteiger partial charge on any atom is 0.0846 e. The van der Waals surface area contributed by atoms with Gasteiger partial charge in [0.2, 0.25) is 0 Å². The van der Waals surface area contributed by atoms with Crippen molar-refractivity contribution < 1.29 is 9.47 Å². The van der Waals surface area contributed by atoms with E-state index in [1.165, 1.54) is 6.42 Å². The number of ether oxygens (including phenoxy) is 2. The molecule has 2 nitrogen and oxygen atoms in total. The molecule has 1 aliphatic heterocycles. The van der Waals surface area contributed by atoms with E-state index in [0.29, 0.717) is 18.1 Å². The molecule has 0 aromatic carbocycles. The lowest BCUT2D eigenvalue weighted by Gasteiger charge is -2.29. The predicted octanol–water partition coefficient (Wildman–Crippen LogP) is 2.47. The summed E-state index contributed by atoms with van der Waals surface area (Å²) in [6.45, 7) is 9.71. The minimum absolute atomic E-state index is 0.290. The Hall–Kier alpha value is -0.0800. The van der Waals surface area contributed by atoms with E-state index in [0.717, 1.165) is 6.61 Å². The zero-order chi connectivity index (χ0) is 10.1. The van der Waals surface area contributed by atoms with Gasteiger partial charge >= 0.3 is 0 Å². The molecule has 0 amide bonds. The highest BCUT2D eigenvalue weighted by Crippen LogP contribution is 2.44. The smallest absolute Gasteiger partial charge is 0.0846 e. The van der Waals surface area contributed by atoms with E-state index >= 15 is 0 Å². The molecule has 3 unspecified atom stereocenters. The van der Waals surface area contributed by atoms with Gasteiger partial charge in [-0.15, -0.1) is 0 Å². The van der Waals surface area contributed by atoms with Gasteiger partial charge < -0.3 is 9.47 Å². The van der Waals surface area contributed by atoms with Gasteiger partial charge in [0.15, 0.2) is 0 Å². The van der Waals surface area contributed by atoms with Gasteiger partial charge in [0, 0.05) is 7.11 Å². The zero-order valence-corrected chi connectivity index (χ0v) is 9.46. The molecule has 1 heterocycles. The molecule has 0 aliphatic carbocycles. The van der Waals surface area contributed by atoms with Crippen LogP contribution in [0.5, 0.6) is 0 Å². The molecular weight excluding hydrogens is 164 g/mol. The molecule has 0 spiro atoms. The first-order valence-corrected chi connectivity index (χ1v) is 5.18. The minimum Gasteiger partial charge on any atom is -0.382 e. The van der Waals surface area contributed by atoms with Crippen LogP contribution in [0.25, 0.3) is 0 Å². The van der Waals surface area contributed by atoms with Crippen molar-refractivity contribution in [2.24, 2.45) is 11.3 Å². The monoisotopic (exact) mass is 186 g/mol. The van der Waals surface area contributed by atoms with Gasteiger partial charge in [0.05, 0.1) is 18.8 Å². The highest BCUT2D eigenvalue weighted by Gasteiger charge is 2.46. The second-order valence-electron chi connectivity index (χ2n) is 4.61. The summed E-state index contributed by atoms with van der Waals surface area (Å²) in [6, 6.07) is 0. The number of methoxy groups -OCH3 is 1. The summed E-state index contributed by atoms with van der Waals surface area (Å²) in [6.07, 6.45) is 1.81. The normalized spacial score (nSPS) is 38.1. The molecule has 13 heavy (non-hydrogen) atoms. The Balaban J connectivity index is 2.70. The van der Waals surface area contributed by atoms with E-state index in [1.54, 1.807) is 7.11 Å². The SMILES string of the molecule is CCC1C(COC)OC(C)C1(C)C. The van der Waals surface area contributed by atoms with Crippen LogP contribution in [0.3, 0.4) is 0 Å². The average Bonchev–Trinajstić information content (AvgIpc) is 2.24. The molecule has 78 valence electrons. The van der Waals surface area contributed by atoms with Crippen molar-refractivity contribution >= 4 is 0 Å². The quantitative estimate of drug-likeness (QED) is 0.674. The van der Waals surface area contributed by atoms with Crippen LogP contribution in [0, 0.1) is 11.3 Å². The fraction of sp³-hybridized carbons (Fsp3) is 1.00. The molecule has 0 aromatic heterocycles. The fourth-order valence-electron chi connectivity index (χ4n) is 2.42. The van der Waals surface area contributed by atoms with Crippen LogP contribution in [0.2, 0.25) is 0 Å². The van der Waals surface area contributed by atoms with E-state index in [1.807, 2.05) is 0 Å². The van der Waals surface area contributed by atoms with Crippen LogP contribution in [0.15, 0.2) is 0 Å². The van der Waals surface area contributed by atoms with Gasteiger partial charge in [-0.25, -0.2) is 0 Å². The Bertz CT molecular complexity index is 165. The van der Waals surface area contributed by atoms with Crippen LogP contribution < -0.4 is 0 Å². The van der Waals surface area contributed by atoms with Crippen molar-refractivity contribution in [1.82, 2.24) is 0 Å². The Morgan fingerprint density at radius 3 is 2.46 bits per heavy atom. The summed E-state index contributed by atoms with van der Waals surface area (Å²) in [5, 5.41) is 0. The highest BCUT2D eigenvalue weighted by molar-refractivity contribution is 4.94. The van der Waals surface area contributed by atoms with Crippen molar-refractivity contribution in [2.45, 2.75) is 46.3 Å². The lowest BCUT2D eigenvalue weighted by Crippen LogP contribution is -2.30. The predicted molar refractivity (Wildman–Crippen MR) is 53.8 cm³/mol. The molecular formula is C11H22O2. The van der Waals surface area contributed by atoms with Crippen molar-refractivity contribution in [3.8, 4) is 0 Å². The first-order chi connectivity index (χ1) is 6.04. The fourth-order valence-corrected chi connectivity index (χ4v) is 2.42. The third-order valence-corrected chi connectivity index (χ3v) is 3.60. The van der Waals surface area contributed by atoms with E-state index < -0.39 is 0 Å². The van der Waals surface area contributed by atoms with Crippen LogP contribution in [0.4, 0.5) is 0 Å².